The summed E-state index contributed by atoms with van der Waals surface area (Å²) in [6, 6.07) is 9.08. The molecule has 1 amide bonds. The molecule has 1 atom stereocenters. The van der Waals surface area contributed by atoms with Crippen LogP contribution in [0, 0.1) is 10.1 Å². The van der Waals surface area contributed by atoms with Crippen LogP contribution in [0.25, 0.3) is 11.0 Å². The van der Waals surface area contributed by atoms with Crippen molar-refractivity contribution >= 4 is 38.5 Å². The Morgan fingerprint density at radius 2 is 1.94 bits per heavy atom. The fourth-order valence-corrected chi connectivity index (χ4v) is 5.36. The van der Waals surface area contributed by atoms with Crippen molar-refractivity contribution in [2.75, 3.05) is 18.4 Å². The Bertz CT molecular complexity index is 1360. The molecule has 1 N–H and O–H groups in total. The van der Waals surface area contributed by atoms with Crippen molar-refractivity contribution in [1.82, 2.24) is 13.9 Å². The lowest BCUT2D eigenvalue weighted by atomic mass is 10.1. The molecule has 3 aromatic rings. The molecule has 35 heavy (non-hydrogen) atoms. The molecule has 3 heterocycles. The minimum absolute atomic E-state index is 0.0711. The number of benzene rings is 1. The SMILES string of the molecule is CC(C)(C)OC(=O)N1CCC[C@@H](Nc2c([N+](=O)[O-])cnc3c2ccn3S(=O)(=O)c2ccccc2)C1. The summed E-state index contributed by atoms with van der Waals surface area (Å²) in [4.78, 5) is 29.5. The van der Waals surface area contributed by atoms with Crippen LogP contribution in [0.5, 0.6) is 0 Å². The normalized spacial score (nSPS) is 16.8. The van der Waals surface area contributed by atoms with Gasteiger partial charge < -0.3 is 15.0 Å². The van der Waals surface area contributed by atoms with Gasteiger partial charge in [0.25, 0.3) is 10.0 Å². The number of ether oxygens (including phenoxy) is 1. The maximum Gasteiger partial charge on any atom is 0.410 e. The van der Waals surface area contributed by atoms with Crippen LogP contribution in [-0.2, 0) is 14.8 Å². The van der Waals surface area contributed by atoms with Gasteiger partial charge in [-0.1, -0.05) is 18.2 Å². The fourth-order valence-electron chi connectivity index (χ4n) is 4.03. The lowest BCUT2D eigenvalue weighted by molar-refractivity contribution is -0.384. The summed E-state index contributed by atoms with van der Waals surface area (Å²) in [5, 5.41) is 15.3. The first-order chi connectivity index (χ1) is 16.5. The summed E-state index contributed by atoms with van der Waals surface area (Å²) in [6.07, 6.45) is 3.29. The number of carbonyl (C=O) groups excluding carboxylic acids is 1. The highest BCUT2D eigenvalue weighted by Crippen LogP contribution is 2.35. The molecule has 4 rings (SSSR count). The second-order valence-corrected chi connectivity index (χ2v) is 11.2. The second-order valence-electron chi connectivity index (χ2n) is 9.35. The lowest BCUT2D eigenvalue weighted by Gasteiger charge is -2.34. The van der Waals surface area contributed by atoms with E-state index < -0.39 is 26.6 Å². The van der Waals surface area contributed by atoms with Gasteiger partial charge in [0.05, 0.1) is 15.2 Å². The first-order valence-corrected chi connectivity index (χ1v) is 12.6. The van der Waals surface area contributed by atoms with Gasteiger partial charge in [0.15, 0.2) is 5.65 Å². The van der Waals surface area contributed by atoms with E-state index in [0.29, 0.717) is 31.3 Å². The molecule has 0 aliphatic carbocycles. The van der Waals surface area contributed by atoms with E-state index in [9.17, 15) is 23.3 Å². The molecule has 0 spiro atoms. The molecule has 0 unspecified atom stereocenters. The van der Waals surface area contributed by atoms with E-state index in [1.54, 1.807) is 43.9 Å². The zero-order chi connectivity index (χ0) is 25.4. The van der Waals surface area contributed by atoms with Gasteiger partial charge in [0.1, 0.15) is 17.5 Å². The first-order valence-electron chi connectivity index (χ1n) is 11.2. The molecule has 12 heteroatoms. The standard InChI is InChI=1S/C23H27N5O6S/c1-23(2,3)34-22(29)26-12-7-8-16(15-26)25-20-18-11-13-27(21(18)24-14-19(20)28(30)31)35(32,33)17-9-5-4-6-10-17/h4-6,9-11,13-14,16H,7-8,12,15H2,1-3H3,(H,24,25)/t16-/m1/s1. The topological polar surface area (TPSA) is 137 Å². The number of pyridine rings is 1. The molecule has 11 nitrogen and oxygen atoms in total. The molecule has 0 bridgehead atoms. The van der Waals surface area contributed by atoms with Crippen LogP contribution in [0.2, 0.25) is 0 Å². The summed E-state index contributed by atoms with van der Waals surface area (Å²) >= 11 is 0. The third-order valence-electron chi connectivity index (χ3n) is 5.58. The number of nitro groups is 1. The minimum atomic E-state index is -3.96. The number of likely N-dealkylation sites (tertiary alicyclic amines) is 1. The van der Waals surface area contributed by atoms with Crippen LogP contribution in [0.15, 0.2) is 53.7 Å². The number of fused-ring (bicyclic) bond motifs is 1. The smallest absolute Gasteiger partial charge is 0.410 e. The third kappa shape index (κ3) is 5.06. The van der Waals surface area contributed by atoms with E-state index >= 15 is 0 Å². The Labute approximate surface area is 202 Å². The van der Waals surface area contributed by atoms with Crippen LogP contribution >= 0.6 is 0 Å². The van der Waals surface area contributed by atoms with Crippen molar-refractivity contribution in [3.05, 3.63) is 58.9 Å². The average Bonchev–Trinajstić information content (AvgIpc) is 3.24. The van der Waals surface area contributed by atoms with Gasteiger partial charge in [-0.15, -0.1) is 0 Å². The number of aromatic nitrogens is 2. The van der Waals surface area contributed by atoms with E-state index in [1.165, 1.54) is 24.4 Å². The van der Waals surface area contributed by atoms with E-state index in [2.05, 4.69) is 10.3 Å². The van der Waals surface area contributed by atoms with Crippen LogP contribution in [0.4, 0.5) is 16.2 Å². The summed E-state index contributed by atoms with van der Waals surface area (Å²) in [6.45, 7) is 6.17. The molecular formula is C23H27N5O6S. The zero-order valence-electron chi connectivity index (χ0n) is 19.7. The molecular weight excluding hydrogens is 474 g/mol. The Balaban J connectivity index is 1.69. The molecule has 0 saturated carbocycles. The van der Waals surface area contributed by atoms with Crippen LogP contribution in [0.3, 0.4) is 0 Å². The van der Waals surface area contributed by atoms with E-state index in [4.69, 9.17) is 4.74 Å². The fraction of sp³-hybridized carbons (Fsp3) is 0.391. The average molecular weight is 502 g/mol. The molecule has 1 aliphatic rings. The van der Waals surface area contributed by atoms with Gasteiger partial charge in [-0.25, -0.2) is 22.2 Å². The number of hydrogen-bond acceptors (Lipinski definition) is 8. The number of anilines is 1. The molecule has 1 saturated heterocycles. The van der Waals surface area contributed by atoms with E-state index in [1.807, 2.05) is 0 Å². The largest absolute Gasteiger partial charge is 0.444 e. The van der Waals surface area contributed by atoms with Crippen LogP contribution < -0.4 is 5.32 Å². The highest BCUT2D eigenvalue weighted by molar-refractivity contribution is 7.90. The molecule has 2 aromatic heterocycles. The van der Waals surface area contributed by atoms with Gasteiger partial charge >= 0.3 is 11.8 Å². The molecule has 1 fully saturated rings. The lowest BCUT2D eigenvalue weighted by Crippen LogP contribution is -2.47. The minimum Gasteiger partial charge on any atom is -0.444 e. The molecule has 1 aromatic carbocycles. The van der Waals surface area contributed by atoms with Crippen molar-refractivity contribution in [2.24, 2.45) is 0 Å². The number of carbonyl (C=O) groups is 1. The van der Waals surface area contributed by atoms with Gasteiger partial charge in [-0.3, -0.25) is 10.1 Å². The Kier molecular flexibility index (Phi) is 6.41. The third-order valence-corrected chi connectivity index (χ3v) is 7.26. The van der Waals surface area contributed by atoms with Crippen LogP contribution in [-0.4, -0.2) is 58.0 Å². The monoisotopic (exact) mass is 501 g/mol. The highest BCUT2D eigenvalue weighted by Gasteiger charge is 2.31. The number of hydrogen-bond donors (Lipinski definition) is 1. The van der Waals surface area contributed by atoms with Gasteiger partial charge in [-0.05, 0) is 51.8 Å². The summed E-state index contributed by atoms with van der Waals surface area (Å²) in [5.74, 6) is 0. The molecule has 186 valence electrons. The molecule has 1 aliphatic heterocycles. The number of nitrogens with zero attached hydrogens (tertiary/aromatic N) is 4. The number of amides is 1. The Morgan fingerprint density at radius 3 is 2.60 bits per heavy atom. The predicted octanol–water partition coefficient (Wildman–Crippen LogP) is 3.99. The zero-order valence-corrected chi connectivity index (χ0v) is 20.5. The summed E-state index contributed by atoms with van der Waals surface area (Å²) < 4.78 is 32.8. The van der Waals surface area contributed by atoms with Crippen molar-refractivity contribution in [3.63, 3.8) is 0 Å². The van der Waals surface area contributed by atoms with Crippen LogP contribution in [0.1, 0.15) is 33.6 Å². The van der Waals surface area contributed by atoms with Gasteiger partial charge in [0, 0.05) is 25.3 Å². The van der Waals surface area contributed by atoms with Crippen molar-refractivity contribution in [1.29, 1.82) is 0 Å². The maximum absolute atomic E-state index is 13.2. The second kappa shape index (κ2) is 9.17. The number of piperidine rings is 1. The quantitative estimate of drug-likeness (QED) is 0.409. The van der Waals surface area contributed by atoms with Crippen molar-refractivity contribution < 1.29 is 22.9 Å². The summed E-state index contributed by atoms with van der Waals surface area (Å²) in [5.41, 5.74) is -0.678. The Morgan fingerprint density at radius 1 is 1.23 bits per heavy atom. The highest BCUT2D eigenvalue weighted by atomic mass is 32.2. The Hall–Kier alpha value is -3.67. The van der Waals surface area contributed by atoms with Gasteiger partial charge in [0.2, 0.25) is 0 Å². The molecule has 0 radical (unpaired) electrons. The maximum atomic E-state index is 13.2. The number of rotatable bonds is 5. The van der Waals surface area contributed by atoms with E-state index in [0.717, 1.165) is 10.2 Å². The summed E-state index contributed by atoms with van der Waals surface area (Å²) in [7, 11) is -3.96. The number of nitrogens with one attached hydrogen (secondary N) is 1. The predicted molar refractivity (Wildman–Crippen MR) is 130 cm³/mol. The van der Waals surface area contributed by atoms with E-state index in [-0.39, 0.29) is 28.0 Å². The van der Waals surface area contributed by atoms with Crippen molar-refractivity contribution in [2.45, 2.75) is 50.2 Å². The van der Waals surface area contributed by atoms with Gasteiger partial charge in [-0.2, -0.15) is 0 Å². The van der Waals surface area contributed by atoms with Crippen molar-refractivity contribution in [3.8, 4) is 0 Å². The first kappa shape index (κ1) is 24.5.